The van der Waals surface area contributed by atoms with Crippen molar-refractivity contribution < 1.29 is 4.43 Å². The van der Waals surface area contributed by atoms with Crippen LogP contribution < -0.4 is 0 Å². The molecular weight excluding hydrogens is 268 g/mol. The fraction of sp³-hybridized carbons (Fsp3) is 0.833. The Morgan fingerprint density at radius 1 is 1.20 bits per heavy atom. The highest BCUT2D eigenvalue weighted by Gasteiger charge is 2.36. The Labute approximate surface area is 105 Å². The fourth-order valence-corrected chi connectivity index (χ4v) is 2.28. The Morgan fingerprint density at radius 3 is 2.27 bits per heavy atom. The molecule has 0 aromatic carbocycles. The highest BCUT2D eigenvalue weighted by Crippen LogP contribution is 2.36. The summed E-state index contributed by atoms with van der Waals surface area (Å²) in [5.74, 6) is 0. The van der Waals surface area contributed by atoms with Gasteiger partial charge in [-0.3, -0.25) is 0 Å². The Bertz CT molecular complexity index is 194. The number of unbranched alkanes of at least 4 members (excludes halogenated alkanes) is 1. The van der Waals surface area contributed by atoms with Gasteiger partial charge >= 0.3 is 0 Å². The molecule has 90 valence electrons. The van der Waals surface area contributed by atoms with Gasteiger partial charge in [-0.2, -0.15) is 0 Å². The van der Waals surface area contributed by atoms with Crippen LogP contribution >= 0.6 is 15.9 Å². The molecule has 0 aromatic heterocycles. The molecule has 3 heteroatoms. The van der Waals surface area contributed by atoms with Crippen LogP contribution in [-0.2, 0) is 4.43 Å². The van der Waals surface area contributed by atoms with Crippen molar-refractivity contribution in [3.05, 3.63) is 12.2 Å². The Kier molecular flexibility index (Phi) is 7.05. The normalized spacial score (nSPS) is 13.7. The third-order valence-electron chi connectivity index (χ3n) is 3.04. The zero-order chi connectivity index (χ0) is 11.9. The maximum atomic E-state index is 6.07. The van der Waals surface area contributed by atoms with Crippen LogP contribution in [0.5, 0.6) is 0 Å². The second kappa shape index (κ2) is 6.87. The predicted molar refractivity (Wildman–Crippen MR) is 75.3 cm³/mol. The van der Waals surface area contributed by atoms with Gasteiger partial charge in [0.1, 0.15) is 0 Å². The molecule has 0 saturated carbocycles. The molecule has 15 heavy (non-hydrogen) atoms. The van der Waals surface area contributed by atoms with E-state index in [0.717, 1.165) is 24.8 Å². The van der Waals surface area contributed by atoms with Crippen molar-refractivity contribution >= 4 is 24.2 Å². The van der Waals surface area contributed by atoms with Crippen molar-refractivity contribution in [2.24, 2.45) is 0 Å². The summed E-state index contributed by atoms with van der Waals surface area (Å²) in [7, 11) is -1.51. The third kappa shape index (κ3) is 6.54. The van der Waals surface area contributed by atoms with Crippen LogP contribution in [-0.4, -0.2) is 20.3 Å². The second-order valence-electron chi connectivity index (χ2n) is 5.38. The molecule has 0 saturated heterocycles. The smallest absolute Gasteiger partial charge is 0.191 e. The van der Waals surface area contributed by atoms with Gasteiger partial charge in [0.2, 0.25) is 0 Å². The Balaban J connectivity index is 3.72. The van der Waals surface area contributed by atoms with Gasteiger partial charge in [0.05, 0.1) is 0 Å². The van der Waals surface area contributed by atoms with E-state index in [1.807, 2.05) is 0 Å². The van der Waals surface area contributed by atoms with Crippen molar-refractivity contribution in [2.75, 3.05) is 11.9 Å². The first-order chi connectivity index (χ1) is 6.81. The minimum atomic E-state index is -1.51. The monoisotopic (exact) mass is 292 g/mol. The molecule has 0 N–H and O–H groups in total. The minimum absolute atomic E-state index is 0.332. The van der Waals surface area contributed by atoms with Crippen molar-refractivity contribution in [2.45, 2.75) is 51.7 Å². The summed E-state index contributed by atoms with van der Waals surface area (Å²) in [5.41, 5.74) is 0. The van der Waals surface area contributed by atoms with Crippen molar-refractivity contribution in [3.63, 3.8) is 0 Å². The van der Waals surface area contributed by atoms with Crippen LogP contribution in [0, 0.1) is 0 Å². The summed E-state index contributed by atoms with van der Waals surface area (Å²) in [6, 6.07) is 0. The molecule has 0 aromatic rings. The summed E-state index contributed by atoms with van der Waals surface area (Å²) in [6.45, 7) is 12.4. The molecule has 0 radical (unpaired) electrons. The van der Waals surface area contributed by atoms with Crippen LogP contribution in [0.4, 0.5) is 0 Å². The molecule has 0 aliphatic heterocycles. The van der Waals surface area contributed by atoms with Crippen LogP contribution in [0.25, 0.3) is 0 Å². The van der Waals surface area contributed by atoms with Gasteiger partial charge in [-0.1, -0.05) is 48.9 Å². The van der Waals surface area contributed by atoms with Gasteiger partial charge in [0.25, 0.3) is 0 Å². The number of alkyl halides is 1. The quantitative estimate of drug-likeness (QED) is 0.297. The van der Waals surface area contributed by atoms with E-state index >= 15 is 0 Å². The summed E-state index contributed by atoms with van der Waals surface area (Å²) < 4.78 is 6.07. The first-order valence-electron chi connectivity index (χ1n) is 5.66. The van der Waals surface area contributed by atoms with Crippen LogP contribution in [0.1, 0.15) is 33.6 Å². The first kappa shape index (κ1) is 15.4. The standard InChI is InChI=1S/C12H25BrOSi/c1-12(2,3)15(4,5)14-11-9-7-6-8-10-13/h6,8H,7,9-11H2,1-5H3/b8-6+. The molecule has 0 aliphatic rings. The van der Waals surface area contributed by atoms with E-state index in [4.69, 9.17) is 4.43 Å². The molecule has 0 bridgehead atoms. The molecule has 0 fully saturated rings. The molecule has 0 spiro atoms. The number of hydrogen-bond acceptors (Lipinski definition) is 1. The van der Waals surface area contributed by atoms with E-state index in [1.165, 1.54) is 0 Å². The Hall–Kier alpha value is 0.397. The number of hydrogen-bond donors (Lipinski definition) is 0. The molecule has 1 nitrogen and oxygen atoms in total. The zero-order valence-corrected chi connectivity index (χ0v) is 13.4. The largest absolute Gasteiger partial charge is 0.417 e. The van der Waals surface area contributed by atoms with Gasteiger partial charge in [0.15, 0.2) is 8.32 Å². The SMILES string of the molecule is CC(C)(C)[Si](C)(C)OCCC/C=C/CBr. The van der Waals surface area contributed by atoms with Crippen LogP contribution in [0.3, 0.4) is 0 Å². The highest BCUT2D eigenvalue weighted by atomic mass is 79.9. The topological polar surface area (TPSA) is 9.23 Å². The Morgan fingerprint density at radius 2 is 1.80 bits per heavy atom. The fourth-order valence-electron chi connectivity index (χ4n) is 0.926. The number of halogens is 1. The summed E-state index contributed by atoms with van der Waals surface area (Å²) in [4.78, 5) is 0. The van der Waals surface area contributed by atoms with Gasteiger partial charge in [-0.25, -0.2) is 0 Å². The second-order valence-corrected chi connectivity index (χ2v) is 10.8. The molecule has 0 unspecified atom stereocenters. The average molecular weight is 293 g/mol. The third-order valence-corrected chi connectivity index (χ3v) is 7.95. The first-order valence-corrected chi connectivity index (χ1v) is 9.69. The van der Waals surface area contributed by atoms with E-state index in [1.54, 1.807) is 0 Å². The zero-order valence-electron chi connectivity index (χ0n) is 10.8. The van der Waals surface area contributed by atoms with Gasteiger partial charge in [-0.05, 0) is 31.0 Å². The van der Waals surface area contributed by atoms with E-state index in [9.17, 15) is 0 Å². The van der Waals surface area contributed by atoms with Crippen molar-refractivity contribution in [1.29, 1.82) is 0 Å². The minimum Gasteiger partial charge on any atom is -0.417 e. The van der Waals surface area contributed by atoms with Gasteiger partial charge in [0, 0.05) is 11.9 Å². The van der Waals surface area contributed by atoms with E-state index in [-0.39, 0.29) is 0 Å². The molecular formula is C12H25BrOSi. The summed E-state index contributed by atoms with van der Waals surface area (Å²) in [5, 5.41) is 1.29. The molecule has 0 heterocycles. The van der Waals surface area contributed by atoms with Crippen LogP contribution in [0.2, 0.25) is 18.1 Å². The lowest BCUT2D eigenvalue weighted by Crippen LogP contribution is -2.40. The van der Waals surface area contributed by atoms with Crippen LogP contribution in [0.15, 0.2) is 12.2 Å². The van der Waals surface area contributed by atoms with Crippen molar-refractivity contribution in [3.8, 4) is 0 Å². The van der Waals surface area contributed by atoms with E-state index < -0.39 is 8.32 Å². The lowest BCUT2D eigenvalue weighted by atomic mass is 10.2. The maximum Gasteiger partial charge on any atom is 0.191 e. The maximum absolute atomic E-state index is 6.07. The lowest BCUT2D eigenvalue weighted by molar-refractivity contribution is 0.283. The molecule has 0 rings (SSSR count). The van der Waals surface area contributed by atoms with E-state index in [0.29, 0.717) is 5.04 Å². The average Bonchev–Trinajstić information content (AvgIpc) is 2.09. The summed E-state index contributed by atoms with van der Waals surface area (Å²) in [6.07, 6.45) is 6.62. The molecule has 0 amide bonds. The van der Waals surface area contributed by atoms with Crippen molar-refractivity contribution in [1.82, 2.24) is 0 Å². The molecule has 0 aliphatic carbocycles. The number of rotatable bonds is 6. The molecule has 0 atom stereocenters. The lowest BCUT2D eigenvalue weighted by Gasteiger charge is -2.36. The summed E-state index contributed by atoms with van der Waals surface area (Å²) >= 11 is 3.37. The van der Waals surface area contributed by atoms with Gasteiger partial charge < -0.3 is 4.43 Å². The highest BCUT2D eigenvalue weighted by molar-refractivity contribution is 9.09. The number of allylic oxidation sites excluding steroid dienone is 2. The van der Waals surface area contributed by atoms with Gasteiger partial charge in [-0.15, -0.1) is 0 Å². The predicted octanol–water partition coefficient (Wildman–Crippen LogP) is 4.74. The van der Waals surface area contributed by atoms with E-state index in [2.05, 4.69) is 61.9 Å².